The second-order valence-electron chi connectivity index (χ2n) is 3.31. The van der Waals surface area contributed by atoms with E-state index in [1.54, 1.807) is 6.07 Å². The smallest absolute Gasteiger partial charge is 0.123 e. The van der Waals surface area contributed by atoms with Gasteiger partial charge in [-0.05, 0) is 65.7 Å². The molecule has 1 aliphatic heterocycles. The van der Waals surface area contributed by atoms with E-state index in [1.165, 1.54) is 12.5 Å². The highest BCUT2D eigenvalue weighted by Gasteiger charge is 2.18. The molecule has 1 saturated heterocycles. The highest BCUT2D eigenvalue weighted by atomic mass is 127. The van der Waals surface area contributed by atoms with Gasteiger partial charge in [0.25, 0.3) is 0 Å². The summed E-state index contributed by atoms with van der Waals surface area (Å²) in [6.07, 6.45) is 2.32. The Hall–Kier alpha value is -0.160. The molecule has 70 valence electrons. The van der Waals surface area contributed by atoms with Crippen LogP contribution in [0, 0.1) is 9.39 Å². The Morgan fingerprint density at radius 2 is 2.31 bits per heavy atom. The van der Waals surface area contributed by atoms with Crippen LogP contribution in [-0.4, -0.2) is 6.54 Å². The molecule has 1 aliphatic rings. The van der Waals surface area contributed by atoms with Crippen LogP contribution in [0.5, 0.6) is 0 Å². The maximum absolute atomic E-state index is 13.0. The third kappa shape index (κ3) is 2.02. The van der Waals surface area contributed by atoms with E-state index in [0.717, 1.165) is 22.1 Å². The van der Waals surface area contributed by atoms with Crippen molar-refractivity contribution in [2.45, 2.75) is 18.9 Å². The molecule has 2 rings (SSSR count). The molecule has 1 aromatic carbocycles. The van der Waals surface area contributed by atoms with E-state index in [-0.39, 0.29) is 5.82 Å². The van der Waals surface area contributed by atoms with Gasteiger partial charge in [-0.3, -0.25) is 0 Å². The van der Waals surface area contributed by atoms with Crippen LogP contribution in [0.25, 0.3) is 0 Å². The molecule has 1 atom stereocenters. The van der Waals surface area contributed by atoms with Crippen LogP contribution >= 0.6 is 22.6 Å². The van der Waals surface area contributed by atoms with Gasteiger partial charge in [0.1, 0.15) is 5.82 Å². The van der Waals surface area contributed by atoms with Crippen LogP contribution in [0.4, 0.5) is 4.39 Å². The first kappa shape index (κ1) is 9.40. The topological polar surface area (TPSA) is 12.0 Å². The summed E-state index contributed by atoms with van der Waals surface area (Å²) in [5.74, 6) is -0.135. The van der Waals surface area contributed by atoms with Gasteiger partial charge in [-0.1, -0.05) is 0 Å². The van der Waals surface area contributed by atoms with Gasteiger partial charge in [-0.2, -0.15) is 0 Å². The number of nitrogens with one attached hydrogen (secondary N) is 1. The highest BCUT2D eigenvalue weighted by Crippen LogP contribution is 2.27. The molecular formula is C10H11FIN. The predicted octanol–water partition coefficient (Wildman–Crippen LogP) is 2.85. The van der Waals surface area contributed by atoms with E-state index in [2.05, 4.69) is 27.9 Å². The van der Waals surface area contributed by atoms with Crippen molar-refractivity contribution in [3.63, 3.8) is 0 Å². The van der Waals surface area contributed by atoms with Crippen molar-refractivity contribution < 1.29 is 4.39 Å². The summed E-state index contributed by atoms with van der Waals surface area (Å²) in [5, 5.41) is 3.37. The maximum atomic E-state index is 13.0. The molecule has 0 radical (unpaired) electrons. The minimum atomic E-state index is -0.135. The van der Waals surface area contributed by atoms with Crippen LogP contribution in [0.15, 0.2) is 18.2 Å². The van der Waals surface area contributed by atoms with E-state index in [4.69, 9.17) is 0 Å². The van der Waals surface area contributed by atoms with Crippen LogP contribution in [-0.2, 0) is 0 Å². The fourth-order valence-electron chi connectivity index (χ4n) is 1.73. The van der Waals surface area contributed by atoms with Gasteiger partial charge in [0.2, 0.25) is 0 Å². The first-order chi connectivity index (χ1) is 6.27. The Morgan fingerprint density at radius 1 is 1.46 bits per heavy atom. The second kappa shape index (κ2) is 3.92. The Balaban J connectivity index is 2.32. The van der Waals surface area contributed by atoms with Gasteiger partial charge in [0, 0.05) is 9.61 Å². The van der Waals surface area contributed by atoms with Gasteiger partial charge in [-0.15, -0.1) is 0 Å². The van der Waals surface area contributed by atoms with Gasteiger partial charge in [0.05, 0.1) is 0 Å². The third-order valence-electron chi connectivity index (χ3n) is 2.39. The number of hydrogen-bond acceptors (Lipinski definition) is 1. The first-order valence-electron chi connectivity index (χ1n) is 4.46. The summed E-state index contributed by atoms with van der Waals surface area (Å²) in [6, 6.07) is 5.36. The predicted molar refractivity (Wildman–Crippen MR) is 59.1 cm³/mol. The molecular weight excluding hydrogens is 280 g/mol. The zero-order valence-corrected chi connectivity index (χ0v) is 9.34. The fraction of sp³-hybridized carbons (Fsp3) is 0.400. The molecule has 0 amide bonds. The molecule has 1 aromatic rings. The summed E-state index contributed by atoms with van der Waals surface area (Å²) in [6.45, 7) is 1.05. The minimum absolute atomic E-state index is 0.135. The standard InChI is InChI=1S/C10H11FIN/c11-7-3-4-9(12)8(6-7)10-2-1-5-13-10/h3-4,6,10,13H,1-2,5H2. The van der Waals surface area contributed by atoms with Crippen molar-refractivity contribution in [3.8, 4) is 0 Å². The monoisotopic (exact) mass is 291 g/mol. The quantitative estimate of drug-likeness (QED) is 0.785. The first-order valence-corrected chi connectivity index (χ1v) is 5.53. The fourth-order valence-corrected chi connectivity index (χ4v) is 2.44. The molecule has 0 aromatic heterocycles. The molecule has 1 unspecified atom stereocenters. The molecule has 3 heteroatoms. The van der Waals surface area contributed by atoms with Crippen molar-refractivity contribution in [1.29, 1.82) is 0 Å². The summed E-state index contributed by atoms with van der Waals surface area (Å²) in [7, 11) is 0. The normalized spacial score (nSPS) is 22.2. The Morgan fingerprint density at radius 3 is 3.00 bits per heavy atom. The van der Waals surface area contributed by atoms with Gasteiger partial charge >= 0.3 is 0 Å². The molecule has 1 nitrogen and oxygen atoms in total. The van der Waals surface area contributed by atoms with E-state index >= 15 is 0 Å². The number of hydrogen-bond donors (Lipinski definition) is 1. The number of rotatable bonds is 1. The molecule has 0 saturated carbocycles. The lowest BCUT2D eigenvalue weighted by molar-refractivity contribution is 0.604. The zero-order valence-electron chi connectivity index (χ0n) is 7.19. The lowest BCUT2D eigenvalue weighted by Crippen LogP contribution is -2.14. The number of halogens is 2. The van der Waals surface area contributed by atoms with Gasteiger partial charge < -0.3 is 5.32 Å². The van der Waals surface area contributed by atoms with E-state index < -0.39 is 0 Å². The Labute approximate surface area is 90.9 Å². The lowest BCUT2D eigenvalue weighted by atomic mass is 10.1. The van der Waals surface area contributed by atoms with Crippen LogP contribution in [0.2, 0.25) is 0 Å². The molecule has 13 heavy (non-hydrogen) atoms. The average Bonchev–Trinajstić information content (AvgIpc) is 2.61. The van der Waals surface area contributed by atoms with Gasteiger partial charge in [-0.25, -0.2) is 4.39 Å². The largest absolute Gasteiger partial charge is 0.310 e. The van der Waals surface area contributed by atoms with Crippen molar-refractivity contribution in [2.24, 2.45) is 0 Å². The van der Waals surface area contributed by atoms with E-state index in [0.29, 0.717) is 6.04 Å². The van der Waals surface area contributed by atoms with Crippen molar-refractivity contribution in [2.75, 3.05) is 6.54 Å². The second-order valence-corrected chi connectivity index (χ2v) is 4.48. The number of benzene rings is 1. The molecule has 1 N–H and O–H groups in total. The van der Waals surface area contributed by atoms with Crippen molar-refractivity contribution in [1.82, 2.24) is 5.32 Å². The van der Waals surface area contributed by atoms with E-state index in [9.17, 15) is 4.39 Å². The summed E-state index contributed by atoms with van der Waals surface area (Å²) >= 11 is 2.26. The Kier molecular flexibility index (Phi) is 2.83. The van der Waals surface area contributed by atoms with Gasteiger partial charge in [0.15, 0.2) is 0 Å². The zero-order chi connectivity index (χ0) is 9.26. The van der Waals surface area contributed by atoms with Crippen LogP contribution in [0.3, 0.4) is 0 Å². The van der Waals surface area contributed by atoms with Crippen LogP contribution < -0.4 is 5.32 Å². The lowest BCUT2D eigenvalue weighted by Gasteiger charge is -2.12. The molecule has 1 fully saturated rings. The highest BCUT2D eigenvalue weighted by molar-refractivity contribution is 14.1. The summed E-state index contributed by atoms with van der Waals surface area (Å²) in [5.41, 5.74) is 1.11. The maximum Gasteiger partial charge on any atom is 0.123 e. The van der Waals surface area contributed by atoms with E-state index in [1.807, 2.05) is 6.07 Å². The van der Waals surface area contributed by atoms with Crippen LogP contribution in [0.1, 0.15) is 24.4 Å². The SMILES string of the molecule is Fc1ccc(I)c(C2CCCN2)c1. The van der Waals surface area contributed by atoms with Crippen molar-refractivity contribution >= 4 is 22.6 Å². The minimum Gasteiger partial charge on any atom is -0.310 e. The van der Waals surface area contributed by atoms with Crippen molar-refractivity contribution in [3.05, 3.63) is 33.1 Å². The summed E-state index contributed by atoms with van der Waals surface area (Å²) < 4.78 is 14.1. The molecule has 1 heterocycles. The average molecular weight is 291 g/mol. The molecule has 0 bridgehead atoms. The third-order valence-corrected chi connectivity index (χ3v) is 3.38. The Bertz CT molecular complexity index is 308. The molecule has 0 spiro atoms. The molecule has 0 aliphatic carbocycles. The summed E-state index contributed by atoms with van der Waals surface area (Å²) in [4.78, 5) is 0.